The van der Waals surface area contributed by atoms with Crippen molar-refractivity contribution in [3.8, 4) is 0 Å². The predicted molar refractivity (Wildman–Crippen MR) is 54.1 cm³/mol. The molecule has 1 unspecified atom stereocenters. The van der Waals surface area contributed by atoms with E-state index in [1.807, 2.05) is 6.07 Å². The zero-order valence-corrected chi connectivity index (χ0v) is 8.50. The number of amides is 1. The quantitative estimate of drug-likeness (QED) is 0.693. The van der Waals surface area contributed by atoms with Crippen molar-refractivity contribution in [2.45, 2.75) is 5.75 Å². The molecule has 0 aliphatic carbocycles. The lowest BCUT2D eigenvalue weighted by Gasteiger charge is -2.19. The van der Waals surface area contributed by atoms with Crippen LogP contribution < -0.4 is 4.72 Å². The van der Waals surface area contributed by atoms with Crippen LogP contribution in [0.2, 0.25) is 0 Å². The molecule has 1 aromatic rings. The largest absolute Gasteiger partial charge is 0.268 e. The average Bonchev–Trinajstić information content (AvgIpc) is 2.18. The van der Waals surface area contributed by atoms with E-state index in [0.717, 1.165) is 5.56 Å². The Balaban J connectivity index is 2.60. The second-order valence-electron chi connectivity index (χ2n) is 3.06. The van der Waals surface area contributed by atoms with E-state index < -0.39 is 9.92 Å². The third-order valence-corrected chi connectivity index (χ3v) is 3.96. The Hall–Kier alpha value is -1.36. The second-order valence-corrected chi connectivity index (χ2v) is 5.19. The third kappa shape index (κ3) is 1.39. The summed E-state index contributed by atoms with van der Waals surface area (Å²) in [6.07, 6.45) is 0. The first kappa shape index (κ1) is 9.21. The van der Waals surface area contributed by atoms with E-state index in [1.165, 1.54) is 7.05 Å². The number of nitrogens with zero attached hydrogens (tertiary/aromatic N) is 1. The zero-order chi connectivity index (χ0) is 10.2. The maximum absolute atomic E-state index is 11.8. The van der Waals surface area contributed by atoms with Gasteiger partial charge in [0.25, 0.3) is 5.91 Å². The molecule has 1 aliphatic rings. The van der Waals surface area contributed by atoms with E-state index in [1.54, 1.807) is 18.2 Å². The summed E-state index contributed by atoms with van der Waals surface area (Å²) >= 11 is 0. The van der Waals surface area contributed by atoms with Crippen LogP contribution in [0, 0.1) is 0 Å². The normalized spacial score (nSPS) is 25.1. The minimum absolute atomic E-state index is 0.297. The highest BCUT2D eigenvalue weighted by molar-refractivity contribution is 7.91. The number of benzene rings is 1. The molecule has 1 amide bonds. The molecule has 74 valence electrons. The summed E-state index contributed by atoms with van der Waals surface area (Å²) in [5.41, 5.74) is 1.39. The molecule has 0 saturated carbocycles. The van der Waals surface area contributed by atoms with Gasteiger partial charge in [0.1, 0.15) is 9.92 Å². The van der Waals surface area contributed by atoms with Crippen molar-refractivity contribution in [1.29, 1.82) is 0 Å². The van der Waals surface area contributed by atoms with Gasteiger partial charge in [-0.3, -0.25) is 9.52 Å². The number of hydrogen-bond acceptors (Lipinski definition) is 3. The Kier molecular flexibility index (Phi) is 2.03. The van der Waals surface area contributed by atoms with Gasteiger partial charge in [0.15, 0.2) is 0 Å². The van der Waals surface area contributed by atoms with Gasteiger partial charge >= 0.3 is 0 Å². The topological polar surface area (TPSA) is 58.5 Å². The van der Waals surface area contributed by atoms with Gasteiger partial charge in [-0.2, -0.15) is 0 Å². The van der Waals surface area contributed by atoms with Gasteiger partial charge in [-0.25, -0.2) is 8.57 Å². The van der Waals surface area contributed by atoms with E-state index in [9.17, 15) is 9.00 Å². The molecule has 0 saturated heterocycles. The molecule has 0 aromatic heterocycles. The fourth-order valence-corrected chi connectivity index (χ4v) is 2.79. The van der Waals surface area contributed by atoms with Crippen molar-refractivity contribution in [2.75, 3.05) is 7.05 Å². The van der Waals surface area contributed by atoms with Crippen LogP contribution in [0.25, 0.3) is 0 Å². The molecule has 4 nitrogen and oxygen atoms in total. The van der Waals surface area contributed by atoms with Gasteiger partial charge in [-0.05, 0) is 11.6 Å². The molecule has 0 radical (unpaired) electrons. The van der Waals surface area contributed by atoms with Crippen molar-refractivity contribution >= 4 is 15.8 Å². The number of carbonyl (C=O) groups is 1. The molecule has 1 aliphatic heterocycles. The standard InChI is InChI=1S/C9H10N2O2S/c1-10-14(13)6-7-4-2-3-5-8(7)9(12)11-14/h2-5H,6H2,1H3,(H,10,11,12,13). The SMILES string of the molecule is CN=S1(=O)Cc2ccccc2C(=O)N1. The van der Waals surface area contributed by atoms with Crippen LogP contribution in [0.4, 0.5) is 0 Å². The molecule has 1 aromatic carbocycles. The predicted octanol–water partition coefficient (Wildman–Crippen LogP) is 0.943. The lowest BCUT2D eigenvalue weighted by molar-refractivity contribution is 0.0979. The lowest BCUT2D eigenvalue weighted by Crippen LogP contribution is -2.36. The van der Waals surface area contributed by atoms with Gasteiger partial charge in [0, 0.05) is 12.6 Å². The van der Waals surface area contributed by atoms with Gasteiger partial charge in [-0.15, -0.1) is 0 Å². The highest BCUT2D eigenvalue weighted by atomic mass is 32.2. The molecular weight excluding hydrogens is 200 g/mol. The average molecular weight is 210 g/mol. The Labute approximate surface area is 82.6 Å². The van der Waals surface area contributed by atoms with Crippen LogP contribution in [0.3, 0.4) is 0 Å². The summed E-state index contributed by atoms with van der Waals surface area (Å²) in [5, 5.41) is 0. The van der Waals surface area contributed by atoms with Gasteiger partial charge < -0.3 is 0 Å². The van der Waals surface area contributed by atoms with Crippen LogP contribution in [0.1, 0.15) is 15.9 Å². The van der Waals surface area contributed by atoms with Crippen molar-refractivity contribution in [2.24, 2.45) is 4.36 Å². The second kappa shape index (κ2) is 3.09. The van der Waals surface area contributed by atoms with Crippen LogP contribution in [-0.2, 0) is 15.7 Å². The van der Waals surface area contributed by atoms with E-state index in [0.29, 0.717) is 11.3 Å². The molecule has 0 fully saturated rings. The first-order valence-electron chi connectivity index (χ1n) is 4.17. The Morgan fingerprint density at radius 3 is 2.86 bits per heavy atom. The molecule has 14 heavy (non-hydrogen) atoms. The zero-order valence-electron chi connectivity index (χ0n) is 7.69. The molecule has 0 bridgehead atoms. The monoisotopic (exact) mass is 210 g/mol. The first-order valence-corrected chi connectivity index (χ1v) is 5.86. The van der Waals surface area contributed by atoms with Gasteiger partial charge in [0.2, 0.25) is 0 Å². The fraction of sp³-hybridized carbons (Fsp3) is 0.222. The van der Waals surface area contributed by atoms with Crippen molar-refractivity contribution in [3.63, 3.8) is 0 Å². The number of carbonyl (C=O) groups excluding carboxylic acids is 1. The van der Waals surface area contributed by atoms with Gasteiger partial charge in [0.05, 0.1) is 5.75 Å². The summed E-state index contributed by atoms with van der Waals surface area (Å²) in [6, 6.07) is 7.14. The minimum atomic E-state index is -2.57. The van der Waals surface area contributed by atoms with Crippen LogP contribution in [0.15, 0.2) is 28.6 Å². The van der Waals surface area contributed by atoms with E-state index in [-0.39, 0.29) is 5.91 Å². The van der Waals surface area contributed by atoms with E-state index in [4.69, 9.17) is 0 Å². The smallest absolute Gasteiger partial charge is 0.263 e. The number of rotatable bonds is 0. The lowest BCUT2D eigenvalue weighted by atomic mass is 10.1. The van der Waals surface area contributed by atoms with Crippen LogP contribution in [0.5, 0.6) is 0 Å². The maximum atomic E-state index is 11.8. The number of hydrogen-bond donors (Lipinski definition) is 1. The first-order chi connectivity index (χ1) is 6.64. The molecule has 1 N–H and O–H groups in total. The van der Waals surface area contributed by atoms with Gasteiger partial charge in [-0.1, -0.05) is 18.2 Å². The van der Waals surface area contributed by atoms with E-state index >= 15 is 0 Å². The minimum Gasteiger partial charge on any atom is -0.268 e. The summed E-state index contributed by atoms with van der Waals surface area (Å²) < 4.78 is 18.0. The summed E-state index contributed by atoms with van der Waals surface area (Å²) in [4.78, 5) is 11.5. The molecule has 2 rings (SSSR count). The van der Waals surface area contributed by atoms with E-state index in [2.05, 4.69) is 9.08 Å². The van der Waals surface area contributed by atoms with Crippen LogP contribution in [-0.4, -0.2) is 17.2 Å². The van der Waals surface area contributed by atoms with Crippen molar-refractivity contribution in [1.82, 2.24) is 4.72 Å². The summed E-state index contributed by atoms with van der Waals surface area (Å²) in [7, 11) is -1.11. The van der Waals surface area contributed by atoms with Crippen molar-refractivity contribution in [3.05, 3.63) is 35.4 Å². The Morgan fingerprint density at radius 1 is 1.43 bits per heavy atom. The maximum Gasteiger partial charge on any atom is 0.263 e. The number of nitrogens with one attached hydrogen (secondary N) is 1. The van der Waals surface area contributed by atoms with Crippen LogP contribution >= 0.6 is 0 Å². The Bertz CT molecular complexity index is 501. The van der Waals surface area contributed by atoms with Crippen molar-refractivity contribution < 1.29 is 9.00 Å². The Morgan fingerprint density at radius 2 is 2.14 bits per heavy atom. The molecule has 1 heterocycles. The fourth-order valence-electron chi connectivity index (χ4n) is 1.42. The number of fused-ring (bicyclic) bond motifs is 1. The highest BCUT2D eigenvalue weighted by Crippen LogP contribution is 2.18. The summed E-state index contributed by atoms with van der Waals surface area (Å²) in [5.74, 6) is -0.00625. The summed E-state index contributed by atoms with van der Waals surface area (Å²) in [6.45, 7) is 0. The molecular formula is C9H10N2O2S. The molecule has 5 heteroatoms. The molecule has 0 spiro atoms. The molecule has 1 atom stereocenters. The highest BCUT2D eigenvalue weighted by Gasteiger charge is 2.24. The third-order valence-electron chi connectivity index (χ3n) is 2.16.